The van der Waals surface area contributed by atoms with Crippen molar-refractivity contribution in [3.05, 3.63) is 40.7 Å². The van der Waals surface area contributed by atoms with Crippen LogP contribution >= 0.6 is 11.3 Å². The fourth-order valence-electron chi connectivity index (χ4n) is 3.97. The number of carbonyl (C=O) groups is 1. The zero-order chi connectivity index (χ0) is 15.7. The normalized spacial score (nSPS) is 25.3. The van der Waals surface area contributed by atoms with E-state index in [1.54, 1.807) is 29.7 Å². The lowest BCUT2D eigenvalue weighted by atomic mass is 9.79. The summed E-state index contributed by atoms with van der Waals surface area (Å²) in [4.78, 5) is 21.4. The van der Waals surface area contributed by atoms with E-state index in [0.717, 1.165) is 39.1 Å². The standard InChI is InChI=1S/C17H21N3O2S/c21-16(14-3-1-9-22-14)20-8-5-17(13-20)4-2-7-19(12-17)11-15-18-6-10-23-15/h1,3,6,9-10H,2,4-5,7-8,11-13H2. The Bertz CT molecular complexity index is 655. The smallest absolute Gasteiger partial charge is 0.289 e. The molecule has 2 saturated heterocycles. The molecule has 6 heteroatoms. The summed E-state index contributed by atoms with van der Waals surface area (Å²) in [5.74, 6) is 0.487. The zero-order valence-corrected chi connectivity index (χ0v) is 13.9. The number of likely N-dealkylation sites (tertiary alicyclic amines) is 2. The van der Waals surface area contributed by atoms with E-state index in [1.165, 1.54) is 17.8 Å². The van der Waals surface area contributed by atoms with Crippen LogP contribution in [0.15, 0.2) is 34.4 Å². The number of rotatable bonds is 3. The lowest BCUT2D eigenvalue weighted by Gasteiger charge is -2.40. The topological polar surface area (TPSA) is 49.6 Å². The SMILES string of the molecule is O=C(c1ccco1)N1CCC2(CCCN(Cc3nccs3)C2)C1. The van der Waals surface area contributed by atoms with Gasteiger partial charge in [0.25, 0.3) is 5.91 Å². The molecule has 0 bridgehead atoms. The molecule has 4 heterocycles. The van der Waals surface area contributed by atoms with Crippen LogP contribution in [0.25, 0.3) is 0 Å². The molecule has 122 valence electrons. The third-order valence-corrected chi connectivity index (χ3v) is 5.80. The lowest BCUT2D eigenvalue weighted by Crippen LogP contribution is -2.44. The number of hydrogen-bond acceptors (Lipinski definition) is 5. The van der Waals surface area contributed by atoms with Gasteiger partial charge < -0.3 is 9.32 Å². The molecule has 5 nitrogen and oxygen atoms in total. The van der Waals surface area contributed by atoms with E-state index in [1.807, 2.05) is 16.5 Å². The first-order valence-electron chi connectivity index (χ1n) is 8.18. The quantitative estimate of drug-likeness (QED) is 0.868. The van der Waals surface area contributed by atoms with Gasteiger partial charge in [-0.2, -0.15) is 0 Å². The minimum Gasteiger partial charge on any atom is -0.459 e. The van der Waals surface area contributed by atoms with Crippen molar-refractivity contribution in [1.82, 2.24) is 14.8 Å². The minimum absolute atomic E-state index is 0.0314. The van der Waals surface area contributed by atoms with Gasteiger partial charge in [-0.05, 0) is 37.9 Å². The maximum Gasteiger partial charge on any atom is 0.289 e. The molecular weight excluding hydrogens is 310 g/mol. The molecule has 0 saturated carbocycles. The average Bonchev–Trinajstić information content (AvgIpc) is 3.28. The Labute approximate surface area is 139 Å². The Morgan fingerprint density at radius 2 is 2.30 bits per heavy atom. The number of thiazole rings is 1. The van der Waals surface area contributed by atoms with E-state index in [9.17, 15) is 4.79 Å². The third kappa shape index (κ3) is 3.05. The van der Waals surface area contributed by atoms with E-state index < -0.39 is 0 Å². The van der Waals surface area contributed by atoms with Crippen molar-refractivity contribution in [1.29, 1.82) is 0 Å². The van der Waals surface area contributed by atoms with Crippen molar-refractivity contribution < 1.29 is 9.21 Å². The first kappa shape index (κ1) is 14.9. The molecular formula is C17H21N3O2S. The van der Waals surface area contributed by atoms with Crippen LogP contribution in [0, 0.1) is 5.41 Å². The summed E-state index contributed by atoms with van der Waals surface area (Å²) >= 11 is 1.72. The molecule has 2 aromatic heterocycles. The molecule has 1 spiro atoms. The van der Waals surface area contributed by atoms with Crippen molar-refractivity contribution in [2.75, 3.05) is 26.2 Å². The highest BCUT2D eigenvalue weighted by atomic mass is 32.1. The molecule has 2 aliphatic rings. The first-order valence-corrected chi connectivity index (χ1v) is 9.06. The largest absolute Gasteiger partial charge is 0.459 e. The summed E-state index contributed by atoms with van der Waals surface area (Å²) in [6.45, 7) is 4.82. The second-order valence-corrected chi connectivity index (χ2v) is 7.67. The summed E-state index contributed by atoms with van der Waals surface area (Å²) in [5, 5.41) is 3.22. The van der Waals surface area contributed by atoms with Gasteiger partial charge >= 0.3 is 0 Å². The molecule has 0 aromatic carbocycles. The third-order valence-electron chi connectivity index (χ3n) is 5.04. The van der Waals surface area contributed by atoms with Crippen molar-refractivity contribution in [3.8, 4) is 0 Å². The maximum absolute atomic E-state index is 12.5. The van der Waals surface area contributed by atoms with Gasteiger partial charge in [0.2, 0.25) is 0 Å². The van der Waals surface area contributed by atoms with Gasteiger partial charge in [0.15, 0.2) is 5.76 Å². The molecule has 4 rings (SSSR count). The minimum atomic E-state index is 0.0314. The van der Waals surface area contributed by atoms with Gasteiger partial charge in [-0.3, -0.25) is 9.69 Å². The summed E-state index contributed by atoms with van der Waals surface area (Å²) in [6, 6.07) is 3.53. The number of amides is 1. The molecule has 1 amide bonds. The first-order chi connectivity index (χ1) is 11.2. The monoisotopic (exact) mass is 331 g/mol. The number of nitrogens with zero attached hydrogens (tertiary/aromatic N) is 3. The predicted octanol–water partition coefficient (Wildman–Crippen LogP) is 2.86. The van der Waals surface area contributed by atoms with Gasteiger partial charge in [-0.15, -0.1) is 11.3 Å². The summed E-state index contributed by atoms with van der Waals surface area (Å²) < 4.78 is 5.27. The Morgan fingerprint density at radius 3 is 3.09 bits per heavy atom. The molecule has 2 fully saturated rings. The average molecular weight is 331 g/mol. The van der Waals surface area contributed by atoms with Crippen molar-refractivity contribution in [2.24, 2.45) is 5.41 Å². The lowest BCUT2D eigenvalue weighted by molar-refractivity contribution is 0.0651. The van der Waals surface area contributed by atoms with E-state index in [4.69, 9.17) is 4.42 Å². The fourth-order valence-corrected chi connectivity index (χ4v) is 4.62. The maximum atomic E-state index is 12.5. The Morgan fingerprint density at radius 1 is 1.35 bits per heavy atom. The fraction of sp³-hybridized carbons (Fsp3) is 0.529. The summed E-state index contributed by atoms with van der Waals surface area (Å²) in [5.41, 5.74) is 0.248. The molecule has 0 N–H and O–H groups in total. The van der Waals surface area contributed by atoms with E-state index in [2.05, 4.69) is 9.88 Å². The molecule has 1 atom stereocenters. The van der Waals surface area contributed by atoms with Crippen LogP contribution in [0.2, 0.25) is 0 Å². The van der Waals surface area contributed by atoms with Gasteiger partial charge in [-0.1, -0.05) is 0 Å². The number of aromatic nitrogens is 1. The molecule has 23 heavy (non-hydrogen) atoms. The van der Waals surface area contributed by atoms with Gasteiger partial charge in [-0.25, -0.2) is 4.98 Å². The van der Waals surface area contributed by atoms with Crippen molar-refractivity contribution in [2.45, 2.75) is 25.8 Å². The second-order valence-electron chi connectivity index (χ2n) is 6.69. The van der Waals surface area contributed by atoms with Crippen LogP contribution in [0.3, 0.4) is 0 Å². The van der Waals surface area contributed by atoms with Crippen LogP contribution in [0.5, 0.6) is 0 Å². The molecule has 0 radical (unpaired) electrons. The summed E-state index contributed by atoms with van der Waals surface area (Å²) in [6.07, 6.45) is 6.94. The van der Waals surface area contributed by atoms with Crippen LogP contribution in [-0.2, 0) is 6.54 Å². The van der Waals surface area contributed by atoms with Crippen LogP contribution in [0.1, 0.15) is 34.8 Å². The van der Waals surface area contributed by atoms with Gasteiger partial charge in [0.1, 0.15) is 5.01 Å². The number of hydrogen-bond donors (Lipinski definition) is 0. The molecule has 2 aromatic rings. The van der Waals surface area contributed by atoms with Crippen LogP contribution in [0.4, 0.5) is 0 Å². The highest BCUT2D eigenvalue weighted by molar-refractivity contribution is 7.09. The van der Waals surface area contributed by atoms with E-state index in [0.29, 0.717) is 5.76 Å². The second kappa shape index (κ2) is 6.09. The zero-order valence-electron chi connectivity index (χ0n) is 13.1. The Balaban J connectivity index is 1.41. The van der Waals surface area contributed by atoms with Crippen molar-refractivity contribution in [3.63, 3.8) is 0 Å². The van der Waals surface area contributed by atoms with E-state index in [-0.39, 0.29) is 11.3 Å². The van der Waals surface area contributed by atoms with Crippen LogP contribution < -0.4 is 0 Å². The summed E-state index contributed by atoms with van der Waals surface area (Å²) in [7, 11) is 0. The van der Waals surface area contributed by atoms with Gasteiger partial charge in [0.05, 0.1) is 12.8 Å². The molecule has 2 aliphatic heterocycles. The molecule has 1 unspecified atom stereocenters. The molecule has 0 aliphatic carbocycles. The Hall–Kier alpha value is -1.66. The highest BCUT2D eigenvalue weighted by Gasteiger charge is 2.43. The highest BCUT2D eigenvalue weighted by Crippen LogP contribution is 2.39. The van der Waals surface area contributed by atoms with Crippen LogP contribution in [-0.4, -0.2) is 46.9 Å². The number of furan rings is 1. The number of carbonyl (C=O) groups excluding carboxylic acids is 1. The van der Waals surface area contributed by atoms with Crippen molar-refractivity contribution >= 4 is 17.2 Å². The van der Waals surface area contributed by atoms with Gasteiger partial charge in [0, 0.05) is 36.6 Å². The Kier molecular flexibility index (Phi) is 3.95. The number of piperidine rings is 1. The predicted molar refractivity (Wildman–Crippen MR) is 88.3 cm³/mol. The van der Waals surface area contributed by atoms with E-state index >= 15 is 0 Å².